The van der Waals surface area contributed by atoms with Crippen molar-refractivity contribution >= 4 is 23.4 Å². The molecule has 10 nitrogen and oxygen atoms in total. The van der Waals surface area contributed by atoms with Gasteiger partial charge in [-0.1, -0.05) is 39.2 Å². The first-order valence-electron chi connectivity index (χ1n) is 15.9. The lowest BCUT2D eigenvalue weighted by Crippen LogP contribution is -2.51. The van der Waals surface area contributed by atoms with Crippen LogP contribution < -0.4 is 21.3 Å². The van der Waals surface area contributed by atoms with Gasteiger partial charge in [-0.25, -0.2) is 4.39 Å². The van der Waals surface area contributed by atoms with Crippen molar-refractivity contribution in [2.45, 2.75) is 103 Å². The first-order valence-corrected chi connectivity index (χ1v) is 15.9. The van der Waals surface area contributed by atoms with Gasteiger partial charge in [0.1, 0.15) is 17.6 Å². The molecule has 0 spiro atoms. The van der Waals surface area contributed by atoms with Crippen molar-refractivity contribution in [3.8, 4) is 0 Å². The van der Waals surface area contributed by atoms with Crippen molar-refractivity contribution in [1.82, 2.24) is 25.7 Å². The third kappa shape index (κ3) is 8.63. The van der Waals surface area contributed by atoms with E-state index in [4.69, 9.17) is 4.74 Å². The molecule has 4 rings (SSSR count). The van der Waals surface area contributed by atoms with E-state index in [2.05, 4.69) is 26.4 Å². The van der Waals surface area contributed by atoms with E-state index in [1.165, 1.54) is 12.1 Å². The number of halogens is 1. The second kappa shape index (κ2) is 16.0. The van der Waals surface area contributed by atoms with Crippen molar-refractivity contribution in [3.63, 3.8) is 0 Å². The van der Waals surface area contributed by atoms with E-state index in [0.717, 1.165) is 51.4 Å². The molecule has 4 N–H and O–H groups in total. The Kier molecular flexibility index (Phi) is 12.1. The Labute approximate surface area is 253 Å². The number of carbonyl (C=O) groups is 3. The maximum atomic E-state index is 15.5. The summed E-state index contributed by atoms with van der Waals surface area (Å²) in [6.07, 6.45) is 8.63. The third-order valence-corrected chi connectivity index (χ3v) is 8.68. The van der Waals surface area contributed by atoms with Gasteiger partial charge in [0, 0.05) is 37.9 Å². The molecular weight excluding hydrogens is 551 g/mol. The summed E-state index contributed by atoms with van der Waals surface area (Å²) in [5, 5.41) is 16.3. The smallest absolute Gasteiger partial charge is 0.270 e. The van der Waals surface area contributed by atoms with Gasteiger partial charge < -0.3 is 26.0 Å². The van der Waals surface area contributed by atoms with Crippen molar-refractivity contribution in [2.24, 2.45) is 5.92 Å². The van der Waals surface area contributed by atoms with Crippen LogP contribution >= 0.6 is 0 Å². The molecule has 43 heavy (non-hydrogen) atoms. The van der Waals surface area contributed by atoms with Crippen LogP contribution in [0.1, 0.15) is 94.1 Å². The lowest BCUT2D eigenvalue weighted by atomic mass is 9.83. The lowest BCUT2D eigenvalue weighted by molar-refractivity contribution is -0.125. The van der Waals surface area contributed by atoms with Gasteiger partial charge >= 0.3 is 0 Å². The number of benzene rings is 1. The number of aromatic nitrogens is 2. The van der Waals surface area contributed by atoms with Crippen molar-refractivity contribution in [3.05, 3.63) is 47.5 Å². The maximum absolute atomic E-state index is 15.5. The SMILES string of the molecule is CCCN[C@@H](C(=O)NC1CCOCC1)[C@@H](C)c1ccc(NC(=O)[C@@H](NC(=O)c2ccnn2CC)C2CCCCC2)c(F)c1. The van der Waals surface area contributed by atoms with Gasteiger partial charge in [-0.15, -0.1) is 0 Å². The highest BCUT2D eigenvalue weighted by Gasteiger charge is 2.33. The highest BCUT2D eigenvalue weighted by Crippen LogP contribution is 2.29. The molecule has 0 radical (unpaired) electrons. The zero-order valence-electron chi connectivity index (χ0n) is 25.7. The Morgan fingerprint density at radius 3 is 2.47 bits per heavy atom. The molecule has 2 heterocycles. The van der Waals surface area contributed by atoms with Gasteiger partial charge in [0.2, 0.25) is 11.8 Å². The van der Waals surface area contributed by atoms with Gasteiger partial charge in [-0.05, 0) is 75.3 Å². The average molecular weight is 599 g/mol. The van der Waals surface area contributed by atoms with E-state index in [9.17, 15) is 14.4 Å². The molecule has 0 bridgehead atoms. The summed E-state index contributed by atoms with van der Waals surface area (Å²) < 4.78 is 22.5. The Morgan fingerprint density at radius 1 is 1.05 bits per heavy atom. The summed E-state index contributed by atoms with van der Waals surface area (Å²) in [7, 11) is 0. The molecule has 2 aromatic rings. The number of hydrogen-bond donors (Lipinski definition) is 4. The van der Waals surface area contributed by atoms with Gasteiger partial charge in [0.05, 0.1) is 11.7 Å². The fourth-order valence-corrected chi connectivity index (χ4v) is 6.11. The zero-order chi connectivity index (χ0) is 30.8. The predicted molar refractivity (Wildman–Crippen MR) is 163 cm³/mol. The van der Waals surface area contributed by atoms with Crippen molar-refractivity contribution < 1.29 is 23.5 Å². The molecular formula is C32H47FN6O4. The second-order valence-electron chi connectivity index (χ2n) is 11.7. The highest BCUT2D eigenvalue weighted by molar-refractivity contribution is 6.00. The van der Waals surface area contributed by atoms with Gasteiger partial charge in [-0.3, -0.25) is 19.1 Å². The Balaban J connectivity index is 1.47. The standard InChI is InChI=1S/C32H47FN6O4/c1-4-16-34-28(31(41)36-24-14-18-43-19-15-24)21(3)23-11-12-26(25(33)20-23)37-32(42)29(22-9-7-6-8-10-22)38-30(40)27-13-17-35-39(27)5-2/h11-13,17,20-22,24,28-29,34H,4-10,14-16,18-19H2,1-3H3,(H,36,41)(H,37,42)(H,38,40)/t21-,28+,29-/m0/s1. The Hall–Kier alpha value is -3.31. The minimum Gasteiger partial charge on any atom is -0.381 e. The number of nitrogens with zero attached hydrogens (tertiary/aromatic N) is 2. The van der Waals surface area contributed by atoms with Crippen LogP contribution in [0, 0.1) is 11.7 Å². The van der Waals surface area contributed by atoms with E-state index >= 15 is 4.39 Å². The fourth-order valence-electron chi connectivity index (χ4n) is 6.11. The van der Waals surface area contributed by atoms with Gasteiger partial charge in [0.25, 0.3) is 5.91 Å². The highest BCUT2D eigenvalue weighted by atomic mass is 19.1. The van der Waals surface area contributed by atoms with Crippen LogP contribution in [0.4, 0.5) is 10.1 Å². The van der Waals surface area contributed by atoms with Crippen LogP contribution in [-0.4, -0.2) is 65.4 Å². The van der Waals surface area contributed by atoms with E-state index in [-0.39, 0.29) is 35.4 Å². The summed E-state index contributed by atoms with van der Waals surface area (Å²) >= 11 is 0. The summed E-state index contributed by atoms with van der Waals surface area (Å²) in [4.78, 5) is 40.0. The first kappa shape index (κ1) is 32.6. The third-order valence-electron chi connectivity index (χ3n) is 8.68. The average Bonchev–Trinajstić information content (AvgIpc) is 3.51. The molecule has 11 heteroatoms. The summed E-state index contributed by atoms with van der Waals surface area (Å²) in [5.74, 6) is -1.88. The molecule has 1 aromatic heterocycles. The van der Waals surface area contributed by atoms with E-state index in [1.54, 1.807) is 23.0 Å². The molecule has 1 saturated carbocycles. The van der Waals surface area contributed by atoms with Crippen molar-refractivity contribution in [2.75, 3.05) is 25.1 Å². The van der Waals surface area contributed by atoms with Crippen molar-refractivity contribution in [1.29, 1.82) is 0 Å². The number of carbonyl (C=O) groups excluding carboxylic acids is 3. The number of anilines is 1. The minimum atomic E-state index is -0.803. The van der Waals surface area contributed by atoms with Crippen LogP contribution in [0.2, 0.25) is 0 Å². The predicted octanol–water partition coefficient (Wildman–Crippen LogP) is 4.13. The van der Waals surface area contributed by atoms with E-state index in [1.807, 2.05) is 20.8 Å². The number of rotatable bonds is 13. The molecule has 2 aliphatic rings. The van der Waals surface area contributed by atoms with Crippen LogP contribution in [0.15, 0.2) is 30.5 Å². The number of nitrogens with one attached hydrogen (secondary N) is 4. The summed E-state index contributed by atoms with van der Waals surface area (Å²) in [6.45, 7) is 8.26. The summed E-state index contributed by atoms with van der Waals surface area (Å²) in [6, 6.07) is 5.02. The quantitative estimate of drug-likeness (QED) is 0.275. The zero-order valence-corrected chi connectivity index (χ0v) is 25.7. The molecule has 1 saturated heterocycles. The number of aryl methyl sites for hydroxylation is 1. The second-order valence-corrected chi connectivity index (χ2v) is 11.7. The fraction of sp³-hybridized carbons (Fsp3) is 0.625. The largest absolute Gasteiger partial charge is 0.381 e. The van der Waals surface area contributed by atoms with Crippen LogP contribution in [-0.2, 0) is 20.9 Å². The first-order chi connectivity index (χ1) is 20.8. The number of ether oxygens (including phenoxy) is 1. The topological polar surface area (TPSA) is 126 Å². The van der Waals surface area contributed by atoms with Gasteiger partial charge in [-0.2, -0.15) is 5.10 Å². The van der Waals surface area contributed by atoms with E-state index in [0.29, 0.717) is 37.6 Å². The molecule has 3 atom stereocenters. The lowest BCUT2D eigenvalue weighted by Gasteiger charge is -2.30. The van der Waals surface area contributed by atoms with Crippen LogP contribution in [0.3, 0.4) is 0 Å². The molecule has 0 unspecified atom stereocenters. The minimum absolute atomic E-state index is 0.0410. The maximum Gasteiger partial charge on any atom is 0.270 e. The van der Waals surface area contributed by atoms with Crippen LogP contribution in [0.25, 0.3) is 0 Å². The van der Waals surface area contributed by atoms with Gasteiger partial charge in [0.15, 0.2) is 0 Å². The van der Waals surface area contributed by atoms with E-state index < -0.39 is 23.8 Å². The Bertz CT molecular complexity index is 1220. The molecule has 2 fully saturated rings. The molecule has 1 aromatic carbocycles. The molecule has 236 valence electrons. The summed E-state index contributed by atoms with van der Waals surface area (Å²) in [5.41, 5.74) is 1.07. The number of amides is 3. The molecule has 1 aliphatic carbocycles. The number of hydrogen-bond acceptors (Lipinski definition) is 6. The monoisotopic (exact) mass is 598 g/mol. The molecule has 1 aliphatic heterocycles. The Morgan fingerprint density at radius 2 is 1.79 bits per heavy atom. The normalized spacial score (nSPS) is 18.4. The molecule has 3 amide bonds. The van der Waals surface area contributed by atoms with Crippen LogP contribution in [0.5, 0.6) is 0 Å².